The normalized spacial score (nSPS) is 11.4. The summed E-state index contributed by atoms with van der Waals surface area (Å²) in [7, 11) is 5.93. The van der Waals surface area contributed by atoms with Gasteiger partial charge in [0.2, 0.25) is 5.91 Å². The van der Waals surface area contributed by atoms with Gasteiger partial charge in [0.1, 0.15) is 5.75 Å². The topological polar surface area (TPSA) is 60.0 Å². The zero-order valence-electron chi connectivity index (χ0n) is 14.7. The molecule has 0 saturated carbocycles. The number of likely N-dealkylation sites (N-methyl/N-ethyl adjacent to an activating group) is 1. The molecule has 0 atom stereocenters. The highest BCUT2D eigenvalue weighted by Crippen LogP contribution is 2.34. The van der Waals surface area contributed by atoms with Crippen molar-refractivity contribution in [1.82, 2.24) is 10.2 Å². The van der Waals surface area contributed by atoms with Gasteiger partial charge in [0.05, 0.1) is 34.3 Å². The van der Waals surface area contributed by atoms with E-state index >= 15 is 0 Å². The minimum Gasteiger partial charge on any atom is -0.496 e. The van der Waals surface area contributed by atoms with Crippen molar-refractivity contribution >= 4 is 5.91 Å². The van der Waals surface area contributed by atoms with Crippen molar-refractivity contribution < 1.29 is 32.2 Å². The molecule has 0 spiro atoms. The molecule has 1 amide bonds. The maximum absolute atomic E-state index is 12.2. The molecule has 0 radical (unpaired) electrons. The van der Waals surface area contributed by atoms with Crippen LogP contribution >= 0.6 is 0 Å². The van der Waals surface area contributed by atoms with E-state index in [2.05, 4.69) is 5.32 Å². The number of methoxy groups -OCH3 is 3. The molecule has 9 heteroatoms. The second-order valence-electron chi connectivity index (χ2n) is 5.40. The van der Waals surface area contributed by atoms with Crippen molar-refractivity contribution in [2.75, 3.05) is 41.5 Å². The fraction of sp³-hybridized carbons (Fsp3) is 0.562. The van der Waals surface area contributed by atoms with Crippen LogP contribution in [-0.2, 0) is 11.3 Å². The smallest absolute Gasteiger partial charge is 0.390 e. The fourth-order valence-corrected chi connectivity index (χ4v) is 2.12. The van der Waals surface area contributed by atoms with Crippen LogP contribution in [0, 0.1) is 0 Å². The van der Waals surface area contributed by atoms with E-state index in [1.54, 1.807) is 12.1 Å². The van der Waals surface area contributed by atoms with Crippen LogP contribution in [0.15, 0.2) is 12.1 Å². The molecule has 0 heterocycles. The van der Waals surface area contributed by atoms with Crippen molar-refractivity contribution in [2.24, 2.45) is 0 Å². The zero-order chi connectivity index (χ0) is 19.0. The number of hydrogen-bond donors (Lipinski definition) is 1. The van der Waals surface area contributed by atoms with Crippen molar-refractivity contribution in [3.8, 4) is 17.2 Å². The summed E-state index contributed by atoms with van der Waals surface area (Å²) in [6, 6.07) is 3.31. The van der Waals surface area contributed by atoms with Gasteiger partial charge in [-0.15, -0.1) is 0 Å². The second-order valence-corrected chi connectivity index (χ2v) is 5.40. The zero-order valence-corrected chi connectivity index (χ0v) is 14.7. The summed E-state index contributed by atoms with van der Waals surface area (Å²) < 4.78 is 52.2. The molecule has 1 aromatic rings. The van der Waals surface area contributed by atoms with Gasteiger partial charge < -0.3 is 19.5 Å². The Morgan fingerprint density at radius 3 is 2.16 bits per heavy atom. The van der Waals surface area contributed by atoms with Crippen molar-refractivity contribution in [3.63, 3.8) is 0 Å². The lowest BCUT2D eigenvalue weighted by atomic mass is 10.1. The average Bonchev–Trinajstić information content (AvgIpc) is 2.56. The Bertz CT molecular complexity index is 579. The summed E-state index contributed by atoms with van der Waals surface area (Å²) in [6.45, 7) is -0.224. The number of hydrogen-bond acceptors (Lipinski definition) is 5. The van der Waals surface area contributed by atoms with Gasteiger partial charge in [0.25, 0.3) is 0 Å². The van der Waals surface area contributed by atoms with Crippen LogP contribution in [0.1, 0.15) is 12.0 Å². The molecule has 0 fully saturated rings. The number of amides is 1. The molecule has 0 saturated heterocycles. The quantitative estimate of drug-likeness (QED) is 0.728. The Labute approximate surface area is 144 Å². The Kier molecular flexibility index (Phi) is 7.82. The molecule has 0 aliphatic carbocycles. The molecular formula is C16H23F3N2O4. The second kappa shape index (κ2) is 9.36. The first-order valence-electron chi connectivity index (χ1n) is 7.51. The molecule has 25 heavy (non-hydrogen) atoms. The third kappa shape index (κ3) is 7.08. The SMILES string of the molecule is COc1cc(OC)c(OC)cc1CNC(=O)CN(C)CCC(F)(F)F. The van der Waals surface area contributed by atoms with Gasteiger partial charge in [0, 0.05) is 24.7 Å². The lowest BCUT2D eigenvalue weighted by Crippen LogP contribution is -2.36. The van der Waals surface area contributed by atoms with E-state index in [1.165, 1.54) is 33.3 Å². The molecule has 0 aromatic heterocycles. The molecule has 142 valence electrons. The number of halogens is 3. The third-order valence-corrected chi connectivity index (χ3v) is 3.45. The van der Waals surface area contributed by atoms with Crippen LogP contribution in [0.4, 0.5) is 13.2 Å². The van der Waals surface area contributed by atoms with Gasteiger partial charge in [-0.2, -0.15) is 13.2 Å². The standard InChI is InChI=1S/C16H23F3N2O4/c1-21(6-5-16(17,18)19)10-15(22)20-9-11-7-13(24-3)14(25-4)8-12(11)23-2/h7-8H,5-6,9-10H2,1-4H3,(H,20,22). The maximum Gasteiger partial charge on any atom is 0.390 e. The van der Waals surface area contributed by atoms with Crippen LogP contribution in [0.2, 0.25) is 0 Å². The van der Waals surface area contributed by atoms with E-state index in [-0.39, 0.29) is 25.5 Å². The molecule has 0 aliphatic rings. The third-order valence-electron chi connectivity index (χ3n) is 3.45. The number of nitrogens with zero attached hydrogens (tertiary/aromatic N) is 1. The molecule has 0 aliphatic heterocycles. The fourth-order valence-electron chi connectivity index (χ4n) is 2.12. The van der Waals surface area contributed by atoms with Gasteiger partial charge in [-0.1, -0.05) is 0 Å². The highest BCUT2D eigenvalue weighted by molar-refractivity contribution is 5.78. The van der Waals surface area contributed by atoms with Crippen LogP contribution in [0.25, 0.3) is 0 Å². The van der Waals surface area contributed by atoms with Crippen LogP contribution in [-0.4, -0.2) is 58.4 Å². The number of carbonyl (C=O) groups excluding carboxylic acids is 1. The first kappa shape index (κ1) is 20.9. The summed E-state index contributed by atoms with van der Waals surface area (Å²) in [6.07, 6.45) is -5.20. The summed E-state index contributed by atoms with van der Waals surface area (Å²) >= 11 is 0. The molecule has 1 N–H and O–H groups in total. The van der Waals surface area contributed by atoms with E-state index < -0.39 is 12.6 Å². The number of nitrogens with one attached hydrogen (secondary N) is 1. The Morgan fingerprint density at radius 1 is 1.08 bits per heavy atom. The van der Waals surface area contributed by atoms with Crippen molar-refractivity contribution in [1.29, 1.82) is 0 Å². The largest absolute Gasteiger partial charge is 0.496 e. The summed E-state index contributed by atoms with van der Waals surface area (Å²) in [5.74, 6) is 1.08. The lowest BCUT2D eigenvalue weighted by Gasteiger charge is -2.18. The highest BCUT2D eigenvalue weighted by Gasteiger charge is 2.27. The lowest BCUT2D eigenvalue weighted by molar-refractivity contribution is -0.139. The van der Waals surface area contributed by atoms with Gasteiger partial charge in [-0.25, -0.2) is 0 Å². The Balaban J connectivity index is 2.63. The minimum atomic E-state index is -4.24. The summed E-state index contributed by atoms with van der Waals surface area (Å²) in [5.41, 5.74) is 0.659. The summed E-state index contributed by atoms with van der Waals surface area (Å²) in [5, 5.41) is 2.65. The summed E-state index contributed by atoms with van der Waals surface area (Å²) in [4.78, 5) is 13.2. The number of rotatable bonds is 9. The Morgan fingerprint density at radius 2 is 1.64 bits per heavy atom. The Hall–Kier alpha value is -2.16. The number of benzene rings is 1. The van der Waals surface area contributed by atoms with Crippen LogP contribution in [0.3, 0.4) is 0 Å². The number of carbonyl (C=O) groups is 1. The first-order valence-corrected chi connectivity index (χ1v) is 7.51. The first-order chi connectivity index (χ1) is 11.7. The van der Waals surface area contributed by atoms with Crippen LogP contribution < -0.4 is 19.5 Å². The molecular weight excluding hydrogens is 341 g/mol. The molecule has 0 bridgehead atoms. The highest BCUT2D eigenvalue weighted by atomic mass is 19.4. The predicted molar refractivity (Wildman–Crippen MR) is 86.1 cm³/mol. The van der Waals surface area contributed by atoms with Crippen molar-refractivity contribution in [3.05, 3.63) is 17.7 Å². The molecule has 6 nitrogen and oxygen atoms in total. The maximum atomic E-state index is 12.2. The number of ether oxygens (including phenoxy) is 3. The molecule has 1 rings (SSSR count). The van der Waals surface area contributed by atoms with E-state index in [4.69, 9.17) is 14.2 Å². The van der Waals surface area contributed by atoms with E-state index in [1.807, 2.05) is 0 Å². The van der Waals surface area contributed by atoms with E-state index in [0.29, 0.717) is 22.8 Å². The predicted octanol–water partition coefficient (Wildman–Crippen LogP) is 2.21. The van der Waals surface area contributed by atoms with E-state index in [0.717, 1.165) is 0 Å². The van der Waals surface area contributed by atoms with Crippen LogP contribution in [0.5, 0.6) is 17.2 Å². The number of alkyl halides is 3. The monoisotopic (exact) mass is 364 g/mol. The van der Waals surface area contributed by atoms with Crippen molar-refractivity contribution in [2.45, 2.75) is 19.1 Å². The molecule has 0 unspecified atom stereocenters. The van der Waals surface area contributed by atoms with Gasteiger partial charge >= 0.3 is 6.18 Å². The van der Waals surface area contributed by atoms with Gasteiger partial charge in [-0.3, -0.25) is 9.69 Å². The minimum absolute atomic E-state index is 0.133. The van der Waals surface area contributed by atoms with Gasteiger partial charge in [-0.05, 0) is 13.1 Å². The molecule has 1 aromatic carbocycles. The van der Waals surface area contributed by atoms with E-state index in [9.17, 15) is 18.0 Å². The van der Waals surface area contributed by atoms with Gasteiger partial charge in [0.15, 0.2) is 11.5 Å². The average molecular weight is 364 g/mol.